The fourth-order valence-corrected chi connectivity index (χ4v) is 0.280. The second-order valence-electron chi connectivity index (χ2n) is 1.20. The van der Waals surface area contributed by atoms with E-state index in [2.05, 4.69) is 9.78 Å². The van der Waals surface area contributed by atoms with Crippen molar-refractivity contribution in [3.8, 4) is 0 Å². The maximum atomic E-state index is 9.98. The van der Waals surface area contributed by atoms with Gasteiger partial charge in [-0.2, -0.15) is 4.89 Å². The topological polar surface area (TPSA) is 55.8 Å². The van der Waals surface area contributed by atoms with Gasteiger partial charge in [-0.25, -0.2) is 4.79 Å². The lowest BCUT2D eigenvalue weighted by Gasteiger charge is -1.83. The molecule has 0 aromatic rings. The maximum Gasteiger partial charge on any atom is 0.373 e. The Labute approximate surface area is 39.6 Å². The van der Waals surface area contributed by atoms with Crippen LogP contribution in [0.25, 0.3) is 0 Å². The van der Waals surface area contributed by atoms with Crippen LogP contribution in [0.4, 0.5) is 0 Å². The molecule has 0 saturated carbocycles. The van der Waals surface area contributed by atoms with Gasteiger partial charge in [0.15, 0.2) is 6.10 Å². The van der Waals surface area contributed by atoms with Crippen molar-refractivity contribution in [1.82, 2.24) is 0 Å². The van der Waals surface area contributed by atoms with Crippen molar-refractivity contribution in [1.29, 1.82) is 0 Å². The fourth-order valence-electron chi connectivity index (χ4n) is 0.280. The normalized spacial score (nSPS) is 30.4. The zero-order valence-corrected chi connectivity index (χ0v) is 3.46. The molecule has 0 spiro atoms. The van der Waals surface area contributed by atoms with Crippen LogP contribution in [0.5, 0.6) is 0 Å². The van der Waals surface area contributed by atoms with E-state index in [0.717, 1.165) is 0 Å². The Bertz CT molecular complexity index is 88.9. The number of rotatable bonds is 0. The minimum absolute atomic E-state index is 0.0428. The molecular weight excluding hydrogens is 100 g/mol. The van der Waals surface area contributed by atoms with Crippen molar-refractivity contribution in [2.45, 2.75) is 6.10 Å². The quantitative estimate of drug-likeness (QED) is 0.394. The Morgan fingerprint density at radius 2 is 2.57 bits per heavy atom. The number of carbonyl (C=O) groups excluding carboxylic acids is 1. The molecule has 1 N–H and O–H groups in total. The van der Waals surface area contributed by atoms with Crippen molar-refractivity contribution < 1.29 is 19.7 Å². The van der Waals surface area contributed by atoms with Gasteiger partial charge in [-0.1, -0.05) is 0 Å². The first-order valence-corrected chi connectivity index (χ1v) is 1.82. The lowest BCUT2D eigenvalue weighted by atomic mass is 10.4. The van der Waals surface area contributed by atoms with Gasteiger partial charge in [0, 0.05) is 0 Å². The molecule has 40 valence electrons. The first kappa shape index (κ1) is 4.55. The van der Waals surface area contributed by atoms with Gasteiger partial charge in [-0.05, 0) is 0 Å². The number of carbonyl (C=O) groups is 1. The highest BCUT2D eigenvalue weighted by molar-refractivity contribution is 5.74. The third-order valence-electron chi connectivity index (χ3n) is 0.639. The third-order valence-corrected chi connectivity index (χ3v) is 0.639. The van der Waals surface area contributed by atoms with Gasteiger partial charge in [-0.15, -0.1) is 0 Å². The summed E-state index contributed by atoms with van der Waals surface area (Å²) in [5, 5.41) is 8.40. The number of aliphatic hydroxyl groups is 1. The predicted octanol–water partition coefficient (Wildman–Crippen LogP) is -1.16. The SMILES string of the molecule is O=C1OOCC1O. The summed E-state index contributed by atoms with van der Waals surface area (Å²) in [5.74, 6) is -0.708. The standard InChI is InChI=1S/C3H4O4/c4-2-1-6-7-3(2)5/h2,4H,1H2. The summed E-state index contributed by atoms with van der Waals surface area (Å²) in [6, 6.07) is 0. The van der Waals surface area contributed by atoms with Gasteiger partial charge >= 0.3 is 5.97 Å². The maximum absolute atomic E-state index is 9.98. The van der Waals surface area contributed by atoms with Gasteiger partial charge in [-0.3, -0.25) is 4.89 Å². The summed E-state index contributed by atoms with van der Waals surface area (Å²) in [4.78, 5) is 17.9. The van der Waals surface area contributed by atoms with Crippen LogP contribution < -0.4 is 0 Å². The molecule has 1 atom stereocenters. The summed E-state index contributed by atoms with van der Waals surface area (Å²) in [7, 11) is 0. The van der Waals surface area contributed by atoms with Crippen LogP contribution in [0.15, 0.2) is 0 Å². The molecule has 1 heterocycles. The Hall–Kier alpha value is -0.610. The van der Waals surface area contributed by atoms with E-state index in [1.807, 2.05) is 0 Å². The van der Waals surface area contributed by atoms with Crippen LogP contribution >= 0.6 is 0 Å². The Morgan fingerprint density at radius 3 is 2.71 bits per heavy atom. The smallest absolute Gasteiger partial charge is 0.373 e. The Balaban J connectivity index is 2.48. The summed E-state index contributed by atoms with van der Waals surface area (Å²) >= 11 is 0. The molecule has 1 aliphatic rings. The molecule has 0 radical (unpaired) electrons. The van der Waals surface area contributed by atoms with Crippen LogP contribution in [0.1, 0.15) is 0 Å². The molecule has 1 unspecified atom stereocenters. The van der Waals surface area contributed by atoms with E-state index in [1.54, 1.807) is 0 Å². The zero-order valence-electron chi connectivity index (χ0n) is 3.46. The van der Waals surface area contributed by atoms with Crippen LogP contribution in [0.2, 0.25) is 0 Å². The minimum Gasteiger partial charge on any atom is -0.379 e. The fraction of sp³-hybridized carbons (Fsp3) is 0.667. The molecular formula is C3H4O4. The van der Waals surface area contributed by atoms with Crippen molar-refractivity contribution in [3.05, 3.63) is 0 Å². The molecule has 1 fully saturated rings. The van der Waals surface area contributed by atoms with Gasteiger partial charge < -0.3 is 5.11 Å². The molecule has 0 bridgehead atoms. The number of aliphatic hydroxyl groups excluding tert-OH is 1. The largest absolute Gasteiger partial charge is 0.379 e. The van der Waals surface area contributed by atoms with Crippen molar-refractivity contribution in [3.63, 3.8) is 0 Å². The van der Waals surface area contributed by atoms with E-state index in [1.165, 1.54) is 0 Å². The van der Waals surface area contributed by atoms with Gasteiger partial charge in [0.2, 0.25) is 0 Å². The second-order valence-corrected chi connectivity index (χ2v) is 1.20. The first-order valence-electron chi connectivity index (χ1n) is 1.82. The second kappa shape index (κ2) is 1.48. The van der Waals surface area contributed by atoms with Gasteiger partial charge in [0.1, 0.15) is 6.61 Å². The molecule has 0 aliphatic carbocycles. The number of hydrogen-bond donors (Lipinski definition) is 1. The summed E-state index contributed by atoms with van der Waals surface area (Å²) < 4.78 is 0. The molecule has 0 aromatic heterocycles. The van der Waals surface area contributed by atoms with E-state index in [4.69, 9.17) is 5.11 Å². The summed E-state index contributed by atoms with van der Waals surface area (Å²) in [5.41, 5.74) is 0. The molecule has 4 nitrogen and oxygen atoms in total. The van der Waals surface area contributed by atoms with Gasteiger partial charge in [0.25, 0.3) is 0 Å². The third kappa shape index (κ3) is 0.703. The Kier molecular flexibility index (Phi) is 0.958. The lowest BCUT2D eigenvalue weighted by Crippen LogP contribution is -2.15. The average Bonchev–Trinajstić information content (AvgIpc) is 1.91. The summed E-state index contributed by atoms with van der Waals surface area (Å²) in [6.07, 6.45) is -1.07. The first-order chi connectivity index (χ1) is 3.30. The molecule has 7 heavy (non-hydrogen) atoms. The van der Waals surface area contributed by atoms with E-state index in [-0.39, 0.29) is 6.61 Å². The van der Waals surface area contributed by atoms with E-state index in [0.29, 0.717) is 0 Å². The average molecular weight is 104 g/mol. The highest BCUT2D eigenvalue weighted by atomic mass is 17.2. The van der Waals surface area contributed by atoms with Crippen molar-refractivity contribution in [2.75, 3.05) is 6.61 Å². The Morgan fingerprint density at radius 1 is 1.86 bits per heavy atom. The molecule has 0 aromatic carbocycles. The molecule has 1 saturated heterocycles. The monoisotopic (exact) mass is 104 g/mol. The number of hydrogen-bond acceptors (Lipinski definition) is 4. The highest BCUT2D eigenvalue weighted by Gasteiger charge is 2.25. The van der Waals surface area contributed by atoms with E-state index < -0.39 is 12.1 Å². The molecule has 1 rings (SSSR count). The van der Waals surface area contributed by atoms with Crippen molar-refractivity contribution in [2.24, 2.45) is 0 Å². The lowest BCUT2D eigenvalue weighted by molar-refractivity contribution is -0.240. The van der Waals surface area contributed by atoms with Crippen LogP contribution in [-0.2, 0) is 14.6 Å². The molecule has 4 heteroatoms. The zero-order chi connectivity index (χ0) is 5.28. The van der Waals surface area contributed by atoms with Crippen LogP contribution in [0, 0.1) is 0 Å². The van der Waals surface area contributed by atoms with Crippen molar-refractivity contribution >= 4 is 5.97 Å². The summed E-state index contributed by atoms with van der Waals surface area (Å²) in [6.45, 7) is -0.0428. The van der Waals surface area contributed by atoms with Gasteiger partial charge in [0.05, 0.1) is 0 Å². The van der Waals surface area contributed by atoms with Crippen LogP contribution in [-0.4, -0.2) is 23.8 Å². The van der Waals surface area contributed by atoms with Crippen LogP contribution in [0.3, 0.4) is 0 Å². The van der Waals surface area contributed by atoms with E-state index in [9.17, 15) is 4.79 Å². The van der Waals surface area contributed by atoms with E-state index >= 15 is 0 Å². The minimum atomic E-state index is -1.07. The predicted molar refractivity (Wildman–Crippen MR) is 18.1 cm³/mol. The highest BCUT2D eigenvalue weighted by Crippen LogP contribution is 1.98. The molecule has 0 amide bonds. The molecule has 1 aliphatic heterocycles.